The summed E-state index contributed by atoms with van der Waals surface area (Å²) in [7, 11) is 4.32. The molecule has 1 aromatic carbocycles. The number of rotatable bonds is 8. The van der Waals surface area contributed by atoms with Crippen molar-refractivity contribution in [2.24, 2.45) is 4.99 Å². The van der Waals surface area contributed by atoms with Crippen molar-refractivity contribution >= 4 is 20.2 Å². The Morgan fingerprint density at radius 1 is 0.967 bits per heavy atom. The zero-order valence-corrected chi connectivity index (χ0v) is 20.7. The van der Waals surface area contributed by atoms with Crippen LogP contribution in [0.15, 0.2) is 52.4 Å². The van der Waals surface area contributed by atoms with Crippen molar-refractivity contribution < 1.29 is 23.4 Å². The molecule has 1 aromatic rings. The molecule has 30 heavy (non-hydrogen) atoms. The molecule has 0 radical (unpaired) electrons. The molecule has 0 saturated carbocycles. The molecule has 0 aliphatic heterocycles. The lowest BCUT2D eigenvalue weighted by Crippen LogP contribution is -2.53. The van der Waals surface area contributed by atoms with Gasteiger partial charge in [-0.15, -0.1) is 0 Å². The van der Waals surface area contributed by atoms with Crippen LogP contribution >= 0.6 is 0 Å². The lowest BCUT2D eigenvalue weighted by atomic mass is 9.97. The zero-order valence-electron chi connectivity index (χ0n) is 19.7. The molecule has 1 aliphatic rings. The Morgan fingerprint density at radius 2 is 1.60 bits per heavy atom. The predicted molar refractivity (Wildman–Crippen MR) is 123 cm³/mol. The monoisotopic (exact) mass is 433 g/mol. The third-order valence-corrected chi connectivity index (χ3v) is 10.2. The van der Waals surface area contributed by atoms with Gasteiger partial charge in [-0.1, -0.05) is 20.8 Å². The summed E-state index contributed by atoms with van der Waals surface area (Å²) in [6.07, 6.45) is 4.19. The van der Waals surface area contributed by atoms with Crippen LogP contribution in [-0.2, 0) is 18.6 Å². The highest BCUT2D eigenvalue weighted by atomic mass is 28.4. The Hall–Kier alpha value is -2.09. The van der Waals surface area contributed by atoms with Crippen LogP contribution in [0.5, 0.6) is 5.75 Å². The highest BCUT2D eigenvalue weighted by Gasteiger charge is 2.50. The fourth-order valence-corrected chi connectivity index (χ4v) is 4.37. The Bertz CT molecular complexity index is 821. The fraction of sp³-hybridized carbons (Fsp3) is 0.522. The average molecular weight is 434 g/mol. The molecule has 0 bridgehead atoms. The number of benzene rings is 1. The summed E-state index contributed by atoms with van der Waals surface area (Å²) in [5.74, 6) is 0.833. The van der Waals surface area contributed by atoms with Gasteiger partial charge in [0.05, 0.1) is 27.0 Å². The Morgan fingerprint density at radius 3 is 2.07 bits per heavy atom. The fourth-order valence-electron chi connectivity index (χ4n) is 2.99. The van der Waals surface area contributed by atoms with Crippen molar-refractivity contribution in [2.75, 3.05) is 28.4 Å². The van der Waals surface area contributed by atoms with Crippen LogP contribution < -0.4 is 4.74 Å². The maximum Gasteiger partial charge on any atom is 0.226 e. The molecule has 166 valence electrons. The van der Waals surface area contributed by atoms with Crippen molar-refractivity contribution in [3.63, 3.8) is 0 Å². The van der Waals surface area contributed by atoms with Crippen molar-refractivity contribution in [3.8, 4) is 5.75 Å². The number of hydrogen-bond donors (Lipinski definition) is 0. The molecule has 1 aliphatic carbocycles. The third kappa shape index (κ3) is 5.14. The van der Waals surface area contributed by atoms with E-state index in [1.807, 2.05) is 36.6 Å². The van der Waals surface area contributed by atoms with Gasteiger partial charge in [-0.3, -0.25) is 4.99 Å². The second-order valence-electron chi connectivity index (χ2n) is 8.77. The predicted octanol–water partition coefficient (Wildman–Crippen LogP) is 5.60. The molecular formula is C23H35NO5Si. The quantitative estimate of drug-likeness (QED) is 0.304. The van der Waals surface area contributed by atoms with E-state index >= 15 is 0 Å². The summed E-state index contributed by atoms with van der Waals surface area (Å²) in [5.41, 5.74) is 1.74. The molecule has 0 N–H and O–H groups in total. The van der Waals surface area contributed by atoms with Gasteiger partial charge >= 0.3 is 0 Å². The van der Waals surface area contributed by atoms with Crippen molar-refractivity contribution in [2.45, 2.75) is 51.1 Å². The molecule has 0 fully saturated rings. The van der Waals surface area contributed by atoms with E-state index in [4.69, 9.17) is 23.4 Å². The smallest absolute Gasteiger partial charge is 0.226 e. The Balaban J connectivity index is 2.43. The van der Waals surface area contributed by atoms with Gasteiger partial charge in [0.25, 0.3) is 0 Å². The first-order valence-electron chi connectivity index (χ1n) is 9.98. The maximum absolute atomic E-state index is 6.76. The molecule has 0 saturated heterocycles. The second-order valence-corrected chi connectivity index (χ2v) is 13.5. The first kappa shape index (κ1) is 24.2. The molecular weight excluding hydrogens is 398 g/mol. The normalized spacial score (nSPS) is 20.4. The topological polar surface area (TPSA) is 58.5 Å². The van der Waals surface area contributed by atoms with E-state index in [1.165, 1.54) is 0 Å². The highest BCUT2D eigenvalue weighted by Crippen LogP contribution is 2.45. The molecule has 0 amide bonds. The van der Waals surface area contributed by atoms with Gasteiger partial charge in [-0.25, -0.2) is 0 Å². The van der Waals surface area contributed by atoms with Crippen LogP contribution in [0.4, 0.5) is 5.69 Å². The Kier molecular flexibility index (Phi) is 7.55. The third-order valence-electron chi connectivity index (χ3n) is 5.75. The van der Waals surface area contributed by atoms with Crippen LogP contribution in [-0.4, -0.2) is 48.8 Å². The molecule has 1 atom stereocenters. The maximum atomic E-state index is 6.76. The van der Waals surface area contributed by atoms with E-state index in [-0.39, 0.29) is 5.04 Å². The summed E-state index contributed by atoms with van der Waals surface area (Å²) >= 11 is 0. The SMILES string of the molecule is COC1=C(OC)C(OC)(O[Si](C)(C)C(C)(C)C)CC(C=Nc2ccc(OC)cc2)=C1. The number of ether oxygens (including phenoxy) is 4. The summed E-state index contributed by atoms with van der Waals surface area (Å²) in [6.45, 7) is 11.0. The van der Waals surface area contributed by atoms with Crippen molar-refractivity contribution in [3.05, 3.63) is 47.4 Å². The second kappa shape index (κ2) is 9.37. The van der Waals surface area contributed by atoms with Crippen LogP contribution in [0.3, 0.4) is 0 Å². The molecule has 0 spiro atoms. The molecule has 1 unspecified atom stereocenters. The molecule has 0 aromatic heterocycles. The number of aliphatic imine (C=N–C) groups is 1. The molecule has 0 heterocycles. The van der Waals surface area contributed by atoms with Crippen molar-refractivity contribution in [1.82, 2.24) is 0 Å². The van der Waals surface area contributed by atoms with Gasteiger partial charge in [0, 0.05) is 19.7 Å². The number of methoxy groups -OCH3 is 4. The van der Waals surface area contributed by atoms with Gasteiger partial charge < -0.3 is 23.4 Å². The summed E-state index contributed by atoms with van der Waals surface area (Å²) in [4.78, 5) is 4.60. The summed E-state index contributed by atoms with van der Waals surface area (Å²) in [5, 5.41) is 0.00310. The first-order chi connectivity index (χ1) is 14.0. The largest absolute Gasteiger partial charge is 0.497 e. The summed E-state index contributed by atoms with van der Waals surface area (Å²) in [6, 6.07) is 7.57. The zero-order chi connectivity index (χ0) is 22.6. The Labute approximate surface area is 181 Å². The average Bonchev–Trinajstić information content (AvgIpc) is 2.70. The van der Waals surface area contributed by atoms with Crippen LogP contribution in [0, 0.1) is 0 Å². The van der Waals surface area contributed by atoms with Gasteiger partial charge in [0.15, 0.2) is 19.8 Å². The minimum absolute atomic E-state index is 0.00310. The van der Waals surface area contributed by atoms with Crippen LogP contribution in [0.2, 0.25) is 18.1 Å². The van der Waals surface area contributed by atoms with E-state index in [1.54, 1.807) is 28.4 Å². The van der Waals surface area contributed by atoms with Gasteiger partial charge in [0.2, 0.25) is 5.79 Å². The van der Waals surface area contributed by atoms with E-state index in [0.29, 0.717) is 17.9 Å². The van der Waals surface area contributed by atoms with Crippen LogP contribution in [0.25, 0.3) is 0 Å². The molecule has 6 nitrogen and oxygen atoms in total. The van der Waals surface area contributed by atoms with E-state index in [9.17, 15) is 0 Å². The minimum Gasteiger partial charge on any atom is -0.497 e. The van der Waals surface area contributed by atoms with Gasteiger partial charge in [-0.2, -0.15) is 0 Å². The van der Waals surface area contributed by atoms with E-state index in [0.717, 1.165) is 17.0 Å². The number of hydrogen-bond acceptors (Lipinski definition) is 6. The van der Waals surface area contributed by atoms with E-state index in [2.05, 4.69) is 38.9 Å². The van der Waals surface area contributed by atoms with Crippen LogP contribution in [0.1, 0.15) is 27.2 Å². The van der Waals surface area contributed by atoms with Gasteiger partial charge in [0.1, 0.15) is 5.75 Å². The number of allylic oxidation sites excluding steroid dienone is 1. The number of nitrogens with zero attached hydrogens (tertiary/aromatic N) is 1. The minimum atomic E-state index is -2.19. The lowest BCUT2D eigenvalue weighted by molar-refractivity contribution is -0.170. The first-order valence-corrected chi connectivity index (χ1v) is 12.9. The van der Waals surface area contributed by atoms with Gasteiger partial charge in [-0.05, 0) is 54.0 Å². The standard InChI is InChI=1S/C23H35NO5Si/c1-22(2,3)30(8,9)29-23(28-7)15-17(14-20(26-5)21(23)27-6)16-24-18-10-12-19(25-4)13-11-18/h10-14,16H,15H2,1-9H3. The molecule has 2 rings (SSSR count). The van der Waals surface area contributed by atoms with Crippen molar-refractivity contribution in [1.29, 1.82) is 0 Å². The van der Waals surface area contributed by atoms with E-state index < -0.39 is 14.1 Å². The lowest BCUT2D eigenvalue weighted by Gasteiger charge is -2.46. The molecule has 7 heteroatoms. The highest BCUT2D eigenvalue weighted by molar-refractivity contribution is 6.74. The summed E-state index contributed by atoms with van der Waals surface area (Å²) < 4.78 is 29.3.